The lowest BCUT2D eigenvalue weighted by molar-refractivity contribution is -0.144. The van der Waals surface area contributed by atoms with Crippen LogP contribution in [0.2, 0.25) is 0 Å². The van der Waals surface area contributed by atoms with Gasteiger partial charge >= 0.3 is 11.9 Å². The molecule has 7 nitrogen and oxygen atoms in total. The summed E-state index contributed by atoms with van der Waals surface area (Å²) in [5, 5.41) is 4.78. The van der Waals surface area contributed by atoms with Gasteiger partial charge in [0.05, 0.1) is 30.5 Å². The highest BCUT2D eigenvalue weighted by atomic mass is 16.5. The van der Waals surface area contributed by atoms with E-state index in [0.717, 1.165) is 29.6 Å². The van der Waals surface area contributed by atoms with Gasteiger partial charge in [0.15, 0.2) is 0 Å². The molecule has 0 aromatic carbocycles. The summed E-state index contributed by atoms with van der Waals surface area (Å²) < 4.78 is 12.5. The van der Waals surface area contributed by atoms with Crippen molar-refractivity contribution in [2.45, 2.75) is 59.3 Å². The second-order valence-electron chi connectivity index (χ2n) is 8.20. The molecule has 2 aromatic rings. The van der Waals surface area contributed by atoms with E-state index < -0.39 is 23.8 Å². The van der Waals surface area contributed by atoms with Crippen LogP contribution in [0.15, 0.2) is 40.7 Å². The summed E-state index contributed by atoms with van der Waals surface area (Å²) in [6, 6.07) is 5.79. The molecule has 3 heterocycles. The van der Waals surface area contributed by atoms with Gasteiger partial charge in [-0.3, -0.25) is 9.79 Å². The van der Waals surface area contributed by atoms with Gasteiger partial charge in [-0.15, -0.1) is 0 Å². The highest BCUT2D eigenvalue weighted by Crippen LogP contribution is 2.44. The van der Waals surface area contributed by atoms with Gasteiger partial charge in [-0.1, -0.05) is 33.3 Å². The number of hydrogen-bond acceptors (Lipinski definition) is 6. The molecule has 0 fully saturated rings. The molecule has 0 radical (unpaired) electrons. The van der Waals surface area contributed by atoms with Crippen molar-refractivity contribution in [2.24, 2.45) is 10.9 Å². The van der Waals surface area contributed by atoms with Gasteiger partial charge in [0.25, 0.3) is 0 Å². The van der Waals surface area contributed by atoms with E-state index in [1.807, 2.05) is 31.3 Å². The van der Waals surface area contributed by atoms with Crippen molar-refractivity contribution in [3.8, 4) is 0 Å². The van der Waals surface area contributed by atoms with Gasteiger partial charge in [0, 0.05) is 29.1 Å². The average molecular weight is 426 g/mol. The molecule has 1 aliphatic heterocycles. The molecule has 0 aliphatic carbocycles. The standard InChI is InChI=1S/C24H31N3O4/c1-7-8-13-31-24(29)19-16(5)25-15(4)18(23(28)30-6)21(19)20-17-11-9-10-12-27(17)26-22(20)14(2)3/h9-12,14,18,21H,7-8,13H2,1-6H3. The van der Waals surface area contributed by atoms with Crippen LogP contribution in [0, 0.1) is 5.92 Å². The molecule has 31 heavy (non-hydrogen) atoms. The number of carbonyl (C=O) groups excluding carboxylic acids is 2. The third-order valence-electron chi connectivity index (χ3n) is 5.70. The molecule has 0 N–H and O–H groups in total. The Balaban J connectivity index is 2.27. The first-order valence-electron chi connectivity index (χ1n) is 10.8. The molecule has 7 heteroatoms. The minimum absolute atomic E-state index is 0.0880. The number of nitrogens with zero attached hydrogens (tertiary/aromatic N) is 3. The fraction of sp³-hybridized carbons (Fsp3) is 0.500. The molecule has 1 aliphatic rings. The lowest BCUT2D eigenvalue weighted by atomic mass is 9.74. The Hall–Kier alpha value is -2.96. The second kappa shape index (κ2) is 9.45. The van der Waals surface area contributed by atoms with Crippen molar-refractivity contribution in [3.63, 3.8) is 0 Å². The van der Waals surface area contributed by atoms with Crippen LogP contribution in [-0.4, -0.2) is 41.0 Å². The second-order valence-corrected chi connectivity index (χ2v) is 8.20. The van der Waals surface area contributed by atoms with Gasteiger partial charge in [-0.25, -0.2) is 9.31 Å². The number of allylic oxidation sites excluding steroid dienone is 1. The minimum atomic E-state index is -0.729. The van der Waals surface area contributed by atoms with Crippen LogP contribution in [-0.2, 0) is 19.1 Å². The highest BCUT2D eigenvalue weighted by molar-refractivity contribution is 6.07. The highest BCUT2D eigenvalue weighted by Gasteiger charge is 2.44. The van der Waals surface area contributed by atoms with E-state index in [1.54, 1.807) is 18.4 Å². The summed E-state index contributed by atoms with van der Waals surface area (Å²) in [6.45, 7) is 10.1. The first-order chi connectivity index (χ1) is 14.8. The van der Waals surface area contributed by atoms with Crippen LogP contribution in [0.4, 0.5) is 0 Å². The maximum Gasteiger partial charge on any atom is 0.336 e. The van der Waals surface area contributed by atoms with Crippen molar-refractivity contribution in [1.29, 1.82) is 0 Å². The average Bonchev–Trinajstić information content (AvgIpc) is 3.12. The Morgan fingerprint density at radius 1 is 1.23 bits per heavy atom. The third kappa shape index (κ3) is 4.27. The van der Waals surface area contributed by atoms with Crippen molar-refractivity contribution in [1.82, 2.24) is 9.61 Å². The zero-order valence-electron chi connectivity index (χ0n) is 19.1. The molecule has 166 valence electrons. The Kier molecular flexibility index (Phi) is 6.93. The molecule has 2 atom stereocenters. The quantitative estimate of drug-likeness (QED) is 0.484. The number of methoxy groups -OCH3 is 1. The molecule has 0 saturated carbocycles. The van der Waals surface area contributed by atoms with Crippen LogP contribution in [0.5, 0.6) is 0 Å². The van der Waals surface area contributed by atoms with E-state index in [1.165, 1.54) is 7.11 Å². The predicted molar refractivity (Wildman–Crippen MR) is 119 cm³/mol. The summed E-state index contributed by atoms with van der Waals surface area (Å²) in [7, 11) is 1.36. The zero-order valence-corrected chi connectivity index (χ0v) is 19.1. The van der Waals surface area contributed by atoms with Gasteiger partial charge in [0.1, 0.15) is 5.92 Å². The summed E-state index contributed by atoms with van der Waals surface area (Å²) in [6.07, 6.45) is 3.57. The molecule has 0 amide bonds. The molecule has 0 saturated heterocycles. The number of carbonyl (C=O) groups is 2. The van der Waals surface area contributed by atoms with E-state index >= 15 is 0 Å². The maximum absolute atomic E-state index is 13.2. The lowest BCUT2D eigenvalue weighted by Gasteiger charge is -2.31. The largest absolute Gasteiger partial charge is 0.468 e. The molecular weight excluding hydrogens is 394 g/mol. The fourth-order valence-electron chi connectivity index (χ4n) is 4.21. The summed E-state index contributed by atoms with van der Waals surface area (Å²) in [5.74, 6) is -2.09. The Labute approximate surface area is 183 Å². The molecular formula is C24H31N3O4. The summed E-state index contributed by atoms with van der Waals surface area (Å²) in [5.41, 5.74) is 4.12. The van der Waals surface area contributed by atoms with Crippen LogP contribution >= 0.6 is 0 Å². The molecule has 3 rings (SSSR count). The van der Waals surface area contributed by atoms with E-state index in [-0.39, 0.29) is 5.92 Å². The fourth-order valence-corrected chi connectivity index (χ4v) is 4.21. The van der Waals surface area contributed by atoms with Crippen LogP contribution in [0.3, 0.4) is 0 Å². The number of fused-ring (bicyclic) bond motifs is 1. The van der Waals surface area contributed by atoms with E-state index in [0.29, 0.717) is 23.6 Å². The Morgan fingerprint density at radius 2 is 1.97 bits per heavy atom. The van der Waals surface area contributed by atoms with Crippen molar-refractivity contribution in [2.75, 3.05) is 13.7 Å². The molecule has 2 aromatic heterocycles. The lowest BCUT2D eigenvalue weighted by Crippen LogP contribution is -2.36. The smallest absolute Gasteiger partial charge is 0.336 e. The summed E-state index contributed by atoms with van der Waals surface area (Å²) >= 11 is 0. The number of hydrogen-bond donors (Lipinski definition) is 0. The normalized spacial score (nSPS) is 19.0. The SMILES string of the molecule is CCCCOC(=O)C1=C(C)N=C(C)C(C(=O)OC)C1c1c(C(C)C)nn2ccccc12. The van der Waals surface area contributed by atoms with Crippen molar-refractivity contribution < 1.29 is 19.1 Å². The number of pyridine rings is 1. The Morgan fingerprint density at radius 3 is 2.61 bits per heavy atom. The van der Waals surface area contributed by atoms with Gasteiger partial charge in [0.2, 0.25) is 0 Å². The van der Waals surface area contributed by atoms with Crippen molar-refractivity contribution in [3.05, 3.63) is 46.9 Å². The van der Waals surface area contributed by atoms with Gasteiger partial charge in [-0.05, 0) is 38.3 Å². The number of aromatic nitrogens is 2. The molecule has 2 unspecified atom stereocenters. The first-order valence-corrected chi connectivity index (χ1v) is 10.8. The number of aliphatic imine (C=N–C) groups is 1. The van der Waals surface area contributed by atoms with Crippen LogP contribution in [0.25, 0.3) is 5.52 Å². The maximum atomic E-state index is 13.2. The van der Waals surface area contributed by atoms with Gasteiger partial charge < -0.3 is 9.47 Å². The van der Waals surface area contributed by atoms with Crippen molar-refractivity contribution >= 4 is 23.2 Å². The number of rotatable bonds is 7. The van der Waals surface area contributed by atoms with Crippen LogP contribution < -0.4 is 0 Å². The Bertz CT molecular complexity index is 1050. The number of unbranched alkanes of at least 4 members (excludes halogenated alkanes) is 1. The van der Waals surface area contributed by atoms with E-state index in [4.69, 9.17) is 14.6 Å². The first kappa shape index (κ1) is 22.7. The number of esters is 2. The predicted octanol–water partition coefficient (Wildman–Crippen LogP) is 4.42. The topological polar surface area (TPSA) is 82.3 Å². The zero-order chi connectivity index (χ0) is 22.7. The molecule has 0 spiro atoms. The van der Waals surface area contributed by atoms with Gasteiger partial charge in [-0.2, -0.15) is 5.10 Å². The number of ether oxygens (including phenoxy) is 2. The van der Waals surface area contributed by atoms with Crippen LogP contribution in [0.1, 0.15) is 70.6 Å². The summed E-state index contributed by atoms with van der Waals surface area (Å²) in [4.78, 5) is 30.7. The third-order valence-corrected chi connectivity index (χ3v) is 5.70. The van der Waals surface area contributed by atoms with E-state index in [9.17, 15) is 9.59 Å². The monoisotopic (exact) mass is 425 g/mol. The minimum Gasteiger partial charge on any atom is -0.468 e. The van der Waals surface area contributed by atoms with E-state index in [2.05, 4.69) is 18.8 Å². The molecule has 0 bridgehead atoms.